The summed E-state index contributed by atoms with van der Waals surface area (Å²) in [5.41, 5.74) is 3.50. The van der Waals surface area contributed by atoms with Crippen LogP contribution in [0.3, 0.4) is 0 Å². The minimum atomic E-state index is -0.690. The third-order valence-corrected chi connectivity index (χ3v) is 6.83. The Hall–Kier alpha value is -3.65. The molecule has 2 amide bonds. The fraction of sp³-hybridized carbons (Fsp3) is 0.333. The Labute approximate surface area is 228 Å². The Morgan fingerprint density at radius 2 is 1.61 bits per heavy atom. The summed E-state index contributed by atoms with van der Waals surface area (Å²) >= 11 is 1.43. The first-order valence-corrected chi connectivity index (χ1v) is 13.7. The second-order valence-electron chi connectivity index (χ2n) is 10.4. The minimum absolute atomic E-state index is 0.0350. The van der Waals surface area contributed by atoms with Crippen molar-refractivity contribution in [1.82, 2.24) is 10.2 Å². The van der Waals surface area contributed by atoms with Crippen molar-refractivity contribution in [1.29, 1.82) is 0 Å². The van der Waals surface area contributed by atoms with Crippen molar-refractivity contribution in [2.45, 2.75) is 58.0 Å². The summed E-state index contributed by atoms with van der Waals surface area (Å²) in [6, 6.07) is 23.3. The number of nitro benzene ring substituents is 1. The molecule has 3 aromatic rings. The molecule has 0 heterocycles. The molecule has 3 rings (SSSR count). The van der Waals surface area contributed by atoms with E-state index in [9.17, 15) is 19.7 Å². The number of non-ortho nitro benzene ring substituents is 1. The monoisotopic (exact) mass is 533 g/mol. The van der Waals surface area contributed by atoms with Crippen molar-refractivity contribution < 1.29 is 14.5 Å². The van der Waals surface area contributed by atoms with Crippen molar-refractivity contribution >= 4 is 29.3 Å². The van der Waals surface area contributed by atoms with Crippen molar-refractivity contribution in [2.24, 2.45) is 0 Å². The number of amides is 2. The summed E-state index contributed by atoms with van der Waals surface area (Å²) in [5, 5.41) is 14.0. The topological polar surface area (TPSA) is 92.6 Å². The maximum Gasteiger partial charge on any atom is 0.269 e. The molecule has 0 aromatic heterocycles. The van der Waals surface area contributed by atoms with Gasteiger partial charge in [0.15, 0.2) is 0 Å². The zero-order valence-electron chi connectivity index (χ0n) is 22.3. The lowest BCUT2D eigenvalue weighted by molar-refractivity contribution is -0.384. The molecule has 200 valence electrons. The van der Waals surface area contributed by atoms with Crippen molar-refractivity contribution in [3.8, 4) is 0 Å². The Kier molecular flexibility index (Phi) is 10.1. The summed E-state index contributed by atoms with van der Waals surface area (Å²) < 4.78 is 0. The van der Waals surface area contributed by atoms with E-state index >= 15 is 0 Å². The average molecular weight is 534 g/mol. The van der Waals surface area contributed by atoms with Gasteiger partial charge >= 0.3 is 0 Å². The molecule has 7 nitrogen and oxygen atoms in total. The molecular weight excluding hydrogens is 498 g/mol. The van der Waals surface area contributed by atoms with Crippen LogP contribution in [-0.4, -0.2) is 39.0 Å². The van der Waals surface area contributed by atoms with Gasteiger partial charge in [0.2, 0.25) is 11.8 Å². The number of thioether (sulfide) groups is 1. The molecule has 0 saturated carbocycles. The summed E-state index contributed by atoms with van der Waals surface area (Å²) in [7, 11) is 0. The molecule has 1 N–H and O–H groups in total. The van der Waals surface area contributed by atoms with Gasteiger partial charge in [-0.2, -0.15) is 0 Å². The van der Waals surface area contributed by atoms with Gasteiger partial charge in [-0.1, -0.05) is 72.3 Å². The second-order valence-corrected chi connectivity index (χ2v) is 11.4. The fourth-order valence-electron chi connectivity index (χ4n) is 4.07. The first-order valence-electron chi connectivity index (χ1n) is 12.5. The lowest BCUT2D eigenvalue weighted by atomic mass is 10.0. The Bertz CT molecular complexity index is 1240. The van der Waals surface area contributed by atoms with E-state index in [1.54, 1.807) is 17.0 Å². The SMILES string of the molecule is Cc1cccc(CN(C(=O)CSCc2ccc([N+](=O)[O-])cc2)[C@H](Cc2ccccc2)C(=O)NC(C)(C)C)c1. The summed E-state index contributed by atoms with van der Waals surface area (Å²) in [6.45, 7) is 8.10. The van der Waals surface area contributed by atoms with Crippen LogP contribution >= 0.6 is 11.8 Å². The fourth-order valence-corrected chi connectivity index (χ4v) is 4.94. The van der Waals surface area contributed by atoms with Gasteiger partial charge in [-0.05, 0) is 44.4 Å². The molecule has 38 heavy (non-hydrogen) atoms. The number of nitrogens with zero attached hydrogens (tertiary/aromatic N) is 2. The van der Waals surface area contributed by atoms with Crippen LogP contribution in [-0.2, 0) is 28.3 Å². The summed E-state index contributed by atoms with van der Waals surface area (Å²) in [6.07, 6.45) is 0.396. The molecule has 0 radical (unpaired) electrons. The first kappa shape index (κ1) is 28.9. The normalized spacial score (nSPS) is 12.0. The molecule has 0 fully saturated rings. The van der Waals surface area contributed by atoms with E-state index < -0.39 is 16.5 Å². The minimum Gasteiger partial charge on any atom is -0.350 e. The van der Waals surface area contributed by atoms with Crippen LogP contribution in [0.5, 0.6) is 0 Å². The van der Waals surface area contributed by atoms with E-state index in [1.807, 2.05) is 82.3 Å². The lowest BCUT2D eigenvalue weighted by Crippen LogP contribution is -2.54. The van der Waals surface area contributed by atoms with Gasteiger partial charge in [0.25, 0.3) is 5.69 Å². The molecule has 0 aliphatic carbocycles. The smallest absolute Gasteiger partial charge is 0.269 e. The number of benzene rings is 3. The van der Waals surface area contributed by atoms with Gasteiger partial charge < -0.3 is 10.2 Å². The second kappa shape index (κ2) is 13.2. The van der Waals surface area contributed by atoms with E-state index in [4.69, 9.17) is 0 Å². The Morgan fingerprint density at radius 1 is 0.947 bits per heavy atom. The van der Waals surface area contributed by atoms with Crippen LogP contribution < -0.4 is 5.32 Å². The number of hydrogen-bond donors (Lipinski definition) is 1. The zero-order chi connectivity index (χ0) is 27.7. The third-order valence-electron chi connectivity index (χ3n) is 5.85. The lowest BCUT2D eigenvalue weighted by Gasteiger charge is -2.34. The van der Waals surface area contributed by atoms with Gasteiger partial charge in [-0.25, -0.2) is 0 Å². The van der Waals surface area contributed by atoms with Gasteiger partial charge in [0.1, 0.15) is 6.04 Å². The van der Waals surface area contributed by atoms with Crippen molar-refractivity contribution in [3.63, 3.8) is 0 Å². The van der Waals surface area contributed by atoms with Crippen molar-refractivity contribution in [3.05, 3.63) is 111 Å². The van der Waals surface area contributed by atoms with E-state index in [1.165, 1.54) is 23.9 Å². The van der Waals surface area contributed by atoms with Crippen LogP contribution in [0.2, 0.25) is 0 Å². The Morgan fingerprint density at radius 3 is 2.21 bits per heavy atom. The predicted octanol–water partition coefficient (Wildman–Crippen LogP) is 5.69. The number of nitro groups is 1. The summed E-state index contributed by atoms with van der Waals surface area (Å²) in [5.74, 6) is 0.377. The molecular formula is C30H35N3O4S. The van der Waals surface area contributed by atoms with Crippen molar-refractivity contribution in [2.75, 3.05) is 5.75 Å². The number of hydrogen-bond acceptors (Lipinski definition) is 5. The van der Waals surface area contributed by atoms with Gasteiger partial charge in [-0.3, -0.25) is 19.7 Å². The number of carbonyl (C=O) groups is 2. The molecule has 8 heteroatoms. The van der Waals surface area contributed by atoms with E-state index in [0.717, 1.165) is 22.3 Å². The predicted molar refractivity (Wildman–Crippen MR) is 153 cm³/mol. The van der Waals surface area contributed by atoms with Crippen LogP contribution in [0.15, 0.2) is 78.9 Å². The van der Waals surface area contributed by atoms with Crippen LogP contribution in [0, 0.1) is 17.0 Å². The standard InChI is InChI=1S/C30H35N3O4S/c1-22-9-8-12-25(17-22)19-32(28(34)21-38-20-24-13-15-26(16-14-24)33(36)37)27(29(35)31-30(2,3)4)18-23-10-6-5-7-11-23/h5-17,27H,18-21H2,1-4H3,(H,31,35)/t27-/m1/s1. The highest BCUT2D eigenvalue weighted by Crippen LogP contribution is 2.21. The van der Waals surface area contributed by atoms with Crippen LogP contribution in [0.4, 0.5) is 5.69 Å². The highest BCUT2D eigenvalue weighted by atomic mass is 32.2. The quantitative estimate of drug-likeness (QED) is 0.252. The maximum absolute atomic E-state index is 13.7. The number of carbonyl (C=O) groups excluding carboxylic acids is 2. The third kappa shape index (κ3) is 9.03. The van der Waals surface area contributed by atoms with Gasteiger partial charge in [0, 0.05) is 36.4 Å². The number of aryl methyl sites for hydroxylation is 1. The maximum atomic E-state index is 13.7. The van der Waals surface area contributed by atoms with E-state index in [2.05, 4.69) is 5.32 Å². The van der Waals surface area contributed by atoms with Gasteiger partial charge in [-0.15, -0.1) is 11.8 Å². The number of nitrogens with one attached hydrogen (secondary N) is 1. The Balaban J connectivity index is 1.84. The summed E-state index contributed by atoms with van der Waals surface area (Å²) in [4.78, 5) is 39.5. The molecule has 0 aliphatic heterocycles. The molecule has 0 bridgehead atoms. The van der Waals surface area contributed by atoms with Crippen LogP contribution in [0.1, 0.15) is 43.0 Å². The molecule has 0 aliphatic rings. The molecule has 0 unspecified atom stereocenters. The number of rotatable bonds is 11. The molecule has 0 spiro atoms. The van der Waals surface area contributed by atoms with Crippen LogP contribution in [0.25, 0.3) is 0 Å². The average Bonchev–Trinajstić information content (AvgIpc) is 2.86. The first-order chi connectivity index (χ1) is 18.0. The zero-order valence-corrected chi connectivity index (χ0v) is 23.2. The largest absolute Gasteiger partial charge is 0.350 e. The van der Waals surface area contributed by atoms with Gasteiger partial charge in [0.05, 0.1) is 10.7 Å². The molecule has 1 atom stereocenters. The molecule has 3 aromatic carbocycles. The van der Waals surface area contributed by atoms with E-state index in [0.29, 0.717) is 18.7 Å². The highest BCUT2D eigenvalue weighted by Gasteiger charge is 2.32. The van der Waals surface area contributed by atoms with E-state index in [-0.39, 0.29) is 23.3 Å². The highest BCUT2D eigenvalue weighted by molar-refractivity contribution is 7.99. The molecule has 0 saturated heterocycles.